The van der Waals surface area contributed by atoms with Gasteiger partial charge in [0.2, 0.25) is 0 Å². The normalized spacial score (nSPS) is 26.8. The monoisotopic (exact) mass is 981 g/mol. The van der Waals surface area contributed by atoms with Gasteiger partial charge in [-0.05, 0) is 146 Å². The summed E-state index contributed by atoms with van der Waals surface area (Å²) >= 11 is 0. The van der Waals surface area contributed by atoms with Gasteiger partial charge in [0.05, 0.1) is 23.5 Å². The molecule has 0 heterocycles. The maximum atomic E-state index is 13.9. The first-order valence-corrected chi connectivity index (χ1v) is 30.0. The van der Waals surface area contributed by atoms with E-state index in [0.717, 1.165) is 89.9 Å². The zero-order valence-electron chi connectivity index (χ0n) is 46.8. The summed E-state index contributed by atoms with van der Waals surface area (Å²) in [4.78, 5) is 27.6. The zero-order valence-corrected chi connectivity index (χ0v) is 46.8. The third-order valence-corrected chi connectivity index (χ3v) is 19.5. The van der Waals surface area contributed by atoms with Crippen LogP contribution in [0.4, 0.5) is 0 Å². The van der Waals surface area contributed by atoms with E-state index in [9.17, 15) is 19.8 Å². The van der Waals surface area contributed by atoms with E-state index in [0.29, 0.717) is 24.9 Å². The van der Waals surface area contributed by atoms with Crippen LogP contribution in [0.25, 0.3) is 0 Å². The lowest BCUT2D eigenvalue weighted by molar-refractivity contribution is -0.167. The first-order chi connectivity index (χ1) is 34.1. The highest BCUT2D eigenvalue weighted by Gasteiger charge is 2.57. The molecular formula is C65H104O6. The topological polar surface area (TPSA) is 93.1 Å². The van der Waals surface area contributed by atoms with Crippen molar-refractivity contribution in [2.75, 3.05) is 19.8 Å². The molecule has 4 aliphatic rings. The van der Waals surface area contributed by atoms with Gasteiger partial charge in [-0.1, -0.05) is 206 Å². The van der Waals surface area contributed by atoms with Crippen LogP contribution in [0.5, 0.6) is 0 Å². The molecule has 8 atom stereocenters. The lowest BCUT2D eigenvalue weighted by Crippen LogP contribution is -2.53. The Bertz CT molecular complexity index is 1950. The first-order valence-electron chi connectivity index (χ1n) is 30.0. The number of fused-ring (bicyclic) bond motifs is 6. The van der Waals surface area contributed by atoms with Gasteiger partial charge in [-0.3, -0.25) is 9.59 Å². The van der Waals surface area contributed by atoms with E-state index >= 15 is 0 Å². The van der Waals surface area contributed by atoms with E-state index in [4.69, 9.17) is 9.47 Å². The number of aryl methyl sites for hydroxylation is 2. The molecule has 2 fully saturated rings. The fourth-order valence-corrected chi connectivity index (χ4v) is 14.9. The minimum Gasteiger partial charge on any atom is -0.465 e. The number of carbonyl (C=O) groups excluding carboxylic acids is 2. The molecule has 2 saturated carbocycles. The number of aliphatic hydroxyl groups excluding tert-OH is 2. The quantitative estimate of drug-likeness (QED) is 0.0598. The third kappa shape index (κ3) is 14.6. The van der Waals surface area contributed by atoms with Gasteiger partial charge in [0.1, 0.15) is 6.61 Å². The number of benzene rings is 2. The average Bonchev–Trinajstić information content (AvgIpc) is 3.35. The highest BCUT2D eigenvalue weighted by molar-refractivity contribution is 5.78. The average molecular weight is 982 g/mol. The Morgan fingerprint density at radius 2 is 0.901 bits per heavy atom. The summed E-state index contributed by atoms with van der Waals surface area (Å²) in [5.41, 5.74) is 7.71. The van der Waals surface area contributed by atoms with E-state index in [-0.39, 0.29) is 53.7 Å². The molecule has 6 rings (SSSR count). The molecule has 6 nitrogen and oxygen atoms in total. The molecule has 2 N–H and O–H groups in total. The third-order valence-electron chi connectivity index (χ3n) is 19.5. The number of unbranched alkanes of at least 4 members (excludes halogenated alkanes) is 17. The molecule has 0 amide bonds. The van der Waals surface area contributed by atoms with Crippen molar-refractivity contribution in [2.45, 2.75) is 277 Å². The fraction of sp³-hybridized carbons (Fsp3) is 0.785. The van der Waals surface area contributed by atoms with Gasteiger partial charge in [0, 0.05) is 12.5 Å². The summed E-state index contributed by atoms with van der Waals surface area (Å²) in [7, 11) is 0. The van der Waals surface area contributed by atoms with Crippen LogP contribution in [0.15, 0.2) is 36.4 Å². The fourth-order valence-electron chi connectivity index (χ4n) is 14.9. The number of hydrogen-bond acceptors (Lipinski definition) is 6. The molecule has 0 aliphatic heterocycles. The maximum absolute atomic E-state index is 13.9. The smallest absolute Gasteiger partial charge is 0.312 e. The molecule has 0 spiro atoms. The maximum Gasteiger partial charge on any atom is 0.312 e. The lowest BCUT2D eigenvalue weighted by atomic mass is 9.49. The second kappa shape index (κ2) is 27.2. The second-order valence-electron chi connectivity index (χ2n) is 25.5. The van der Waals surface area contributed by atoms with Crippen LogP contribution in [-0.2, 0) is 42.7 Å². The van der Waals surface area contributed by atoms with Crippen LogP contribution in [0, 0.1) is 28.6 Å². The van der Waals surface area contributed by atoms with E-state index in [2.05, 4.69) is 91.8 Å². The molecule has 2 aromatic carbocycles. The number of aliphatic hydroxyl groups is 2. The molecule has 0 aromatic heterocycles. The molecule has 400 valence electrons. The molecule has 0 bridgehead atoms. The summed E-state index contributed by atoms with van der Waals surface area (Å²) in [6.07, 6.45) is 34.2. The summed E-state index contributed by atoms with van der Waals surface area (Å²) < 4.78 is 12.0. The van der Waals surface area contributed by atoms with Gasteiger partial charge in [0.15, 0.2) is 0 Å². The number of esters is 2. The first kappa shape index (κ1) is 57.6. The molecule has 2 aromatic rings. The van der Waals surface area contributed by atoms with Crippen LogP contribution in [0.2, 0.25) is 0 Å². The Morgan fingerprint density at radius 1 is 0.535 bits per heavy atom. The van der Waals surface area contributed by atoms with Gasteiger partial charge in [-0.25, -0.2) is 0 Å². The number of rotatable bonds is 30. The highest BCUT2D eigenvalue weighted by Crippen LogP contribution is 2.59. The van der Waals surface area contributed by atoms with Crippen molar-refractivity contribution in [2.24, 2.45) is 28.6 Å². The van der Waals surface area contributed by atoms with Crippen LogP contribution in [-0.4, -0.2) is 48.1 Å². The summed E-state index contributed by atoms with van der Waals surface area (Å²) in [5, 5.41) is 20.9. The van der Waals surface area contributed by atoms with E-state index in [1.807, 2.05) is 0 Å². The molecule has 0 saturated heterocycles. The minimum absolute atomic E-state index is 0.00535. The van der Waals surface area contributed by atoms with Gasteiger partial charge < -0.3 is 19.7 Å². The Labute approximate surface area is 434 Å². The SMILES string of the molecule is CC(C)c1ccc2c(c1)CCC1C(C)(C(=O)OCC(O)CCCCCCCCCCCCCCCCCCCCC(CO)COC(=O)C3(C)CCCC4(C)c5ccc(C(C)C)cc5CCC34)CCCC21C. The predicted molar refractivity (Wildman–Crippen MR) is 294 cm³/mol. The van der Waals surface area contributed by atoms with E-state index < -0.39 is 16.9 Å². The Balaban J connectivity index is 0.712. The lowest BCUT2D eigenvalue weighted by Gasteiger charge is -2.54. The van der Waals surface area contributed by atoms with Gasteiger partial charge in [-0.15, -0.1) is 0 Å². The minimum atomic E-state index is -0.573. The predicted octanol–water partition coefficient (Wildman–Crippen LogP) is 16.5. The Morgan fingerprint density at radius 3 is 1.28 bits per heavy atom. The van der Waals surface area contributed by atoms with Crippen LogP contribution in [0.1, 0.15) is 280 Å². The second-order valence-corrected chi connectivity index (χ2v) is 25.5. The van der Waals surface area contributed by atoms with Crippen molar-refractivity contribution in [3.05, 3.63) is 69.8 Å². The largest absolute Gasteiger partial charge is 0.465 e. The zero-order chi connectivity index (χ0) is 51.1. The Hall–Kier alpha value is -2.70. The van der Waals surface area contributed by atoms with Crippen LogP contribution in [0.3, 0.4) is 0 Å². The molecule has 4 aliphatic carbocycles. The van der Waals surface area contributed by atoms with Crippen molar-refractivity contribution in [1.29, 1.82) is 0 Å². The van der Waals surface area contributed by atoms with Gasteiger partial charge in [0.25, 0.3) is 0 Å². The van der Waals surface area contributed by atoms with Crippen molar-refractivity contribution < 1.29 is 29.3 Å². The summed E-state index contributed by atoms with van der Waals surface area (Å²) in [6, 6.07) is 14.2. The summed E-state index contributed by atoms with van der Waals surface area (Å²) in [6.45, 7) is 18.7. The van der Waals surface area contributed by atoms with Crippen LogP contribution >= 0.6 is 0 Å². The standard InChI is InChI=1S/C65H104O6/c1-48(2)51-31-35-56-53(43-51)33-37-58-62(56,5)39-27-41-64(58,7)60(68)70-46-50(45-66)29-25-23-21-19-17-15-13-11-9-10-12-14-16-18-20-22-24-26-30-55(67)47-71-61(69)65(8)42-28-40-63(6)57-36-32-52(49(3)4)44-54(57)34-38-59(63)65/h31-32,35-36,43-44,48-50,55,58-59,66-67H,9-30,33-34,37-42,45-47H2,1-8H3. The van der Waals surface area contributed by atoms with Crippen molar-refractivity contribution in [3.8, 4) is 0 Å². The van der Waals surface area contributed by atoms with Gasteiger partial charge >= 0.3 is 11.9 Å². The van der Waals surface area contributed by atoms with Crippen molar-refractivity contribution in [1.82, 2.24) is 0 Å². The number of hydrogen-bond donors (Lipinski definition) is 2. The van der Waals surface area contributed by atoms with Crippen molar-refractivity contribution >= 4 is 11.9 Å². The summed E-state index contributed by atoms with van der Waals surface area (Å²) in [5.74, 6) is 1.50. The van der Waals surface area contributed by atoms with Gasteiger partial charge in [-0.2, -0.15) is 0 Å². The Kier molecular flexibility index (Phi) is 22.1. The molecule has 71 heavy (non-hydrogen) atoms. The highest BCUT2D eigenvalue weighted by atomic mass is 16.5. The van der Waals surface area contributed by atoms with E-state index in [1.54, 1.807) is 0 Å². The molecule has 8 unspecified atom stereocenters. The molecular weight excluding hydrogens is 877 g/mol. The molecule has 6 heteroatoms. The van der Waals surface area contributed by atoms with Crippen LogP contribution < -0.4 is 0 Å². The number of carbonyl (C=O) groups is 2. The van der Waals surface area contributed by atoms with E-state index in [1.165, 1.54) is 130 Å². The molecule has 0 radical (unpaired) electrons. The number of ether oxygens (including phenoxy) is 2. The van der Waals surface area contributed by atoms with Crippen molar-refractivity contribution in [3.63, 3.8) is 0 Å².